The number of hydrogen-bond donors (Lipinski definition) is 0. The van der Waals surface area contributed by atoms with Crippen LogP contribution in [0.15, 0.2) is 64.1 Å². The van der Waals surface area contributed by atoms with Gasteiger partial charge in [0.15, 0.2) is 5.58 Å². The topological polar surface area (TPSA) is 79.5 Å². The summed E-state index contributed by atoms with van der Waals surface area (Å²) in [6.45, 7) is 3.28. The maximum absolute atomic E-state index is 13.7. The van der Waals surface area contributed by atoms with Crippen LogP contribution in [0.2, 0.25) is 0 Å². The third-order valence-corrected chi connectivity index (χ3v) is 9.74. The lowest BCUT2D eigenvalue weighted by Crippen LogP contribution is -2.40. The van der Waals surface area contributed by atoms with Crippen molar-refractivity contribution in [3.8, 4) is 0 Å². The van der Waals surface area contributed by atoms with Gasteiger partial charge in [0.05, 0.1) is 16.1 Å². The summed E-state index contributed by atoms with van der Waals surface area (Å²) >= 11 is 0. The first kappa shape index (κ1) is 23.5. The Kier molecular flexibility index (Phi) is 6.23. The molecule has 2 aromatic carbocycles. The molecule has 2 aromatic heterocycles. The highest BCUT2D eigenvalue weighted by Gasteiger charge is 2.36. The van der Waals surface area contributed by atoms with Gasteiger partial charge in [0.25, 0.3) is 0 Å². The summed E-state index contributed by atoms with van der Waals surface area (Å²) in [5.74, 6) is -0.0311. The first-order chi connectivity index (χ1) is 17.5. The molecule has 9 heteroatoms. The largest absolute Gasteiger partial charge is 0.356 e. The number of piperidine rings is 1. The summed E-state index contributed by atoms with van der Waals surface area (Å²) in [5, 5.41) is 5.81. The lowest BCUT2D eigenvalue weighted by Gasteiger charge is -2.33. The van der Waals surface area contributed by atoms with Gasteiger partial charge in [-0.05, 0) is 88.1 Å². The van der Waals surface area contributed by atoms with Crippen molar-refractivity contribution < 1.29 is 17.3 Å². The Labute approximate surface area is 209 Å². The summed E-state index contributed by atoms with van der Waals surface area (Å²) in [6.07, 6.45) is 6.18. The number of sulfonamides is 1. The molecule has 36 heavy (non-hydrogen) atoms. The molecule has 0 saturated carbocycles. The van der Waals surface area contributed by atoms with Crippen molar-refractivity contribution >= 4 is 31.9 Å². The SMILES string of the molecule is O=S(=O)(c1cccc2ncccc12)N1CCC[C@H]1CCN1CCC(c2noc3cc(F)ccc23)CC1. The Morgan fingerprint density at radius 1 is 1.00 bits per heavy atom. The van der Waals surface area contributed by atoms with Gasteiger partial charge >= 0.3 is 0 Å². The average molecular weight is 509 g/mol. The van der Waals surface area contributed by atoms with E-state index in [4.69, 9.17) is 4.52 Å². The van der Waals surface area contributed by atoms with Crippen molar-refractivity contribution in [2.24, 2.45) is 0 Å². The summed E-state index contributed by atoms with van der Waals surface area (Å²) in [4.78, 5) is 7.09. The Balaban J connectivity index is 1.10. The molecule has 0 spiro atoms. The van der Waals surface area contributed by atoms with Gasteiger partial charge in [-0.1, -0.05) is 11.2 Å². The predicted molar refractivity (Wildman–Crippen MR) is 136 cm³/mol. The summed E-state index contributed by atoms with van der Waals surface area (Å²) in [6, 6.07) is 13.5. The average Bonchev–Trinajstić information content (AvgIpc) is 3.55. The molecule has 2 aliphatic rings. The molecule has 0 amide bonds. The van der Waals surface area contributed by atoms with E-state index in [2.05, 4.69) is 15.0 Å². The summed E-state index contributed by atoms with van der Waals surface area (Å²) < 4.78 is 47.9. The molecule has 6 rings (SSSR count). The Morgan fingerprint density at radius 2 is 1.86 bits per heavy atom. The fraction of sp³-hybridized carbons (Fsp3) is 0.407. The standard InChI is InChI=1S/C27H29FN4O3S/c28-20-8-9-23-25(18-20)35-30-27(23)19-10-15-31(16-11-19)17-12-21-4-3-14-32(21)36(33,34)26-7-1-6-24-22(26)5-2-13-29-24/h1-2,5-9,13,18-19,21H,3-4,10-12,14-17H2/t21-/m0/s1. The highest BCUT2D eigenvalue weighted by Crippen LogP contribution is 2.34. The zero-order valence-corrected chi connectivity index (χ0v) is 20.8. The number of benzene rings is 2. The fourth-order valence-corrected chi connectivity index (χ4v) is 7.75. The van der Waals surface area contributed by atoms with Crippen molar-refractivity contribution in [2.45, 2.75) is 49.0 Å². The molecule has 0 bridgehead atoms. The molecular formula is C27H29FN4O3S. The molecule has 0 N–H and O–H groups in total. The molecule has 1 atom stereocenters. The molecule has 7 nitrogen and oxygen atoms in total. The monoisotopic (exact) mass is 508 g/mol. The van der Waals surface area contributed by atoms with Crippen molar-refractivity contribution in [3.63, 3.8) is 0 Å². The molecule has 0 aliphatic carbocycles. The van der Waals surface area contributed by atoms with Crippen molar-refractivity contribution in [3.05, 3.63) is 66.2 Å². The van der Waals surface area contributed by atoms with E-state index < -0.39 is 10.0 Å². The molecule has 4 aromatic rings. The number of fused-ring (bicyclic) bond motifs is 2. The van der Waals surface area contributed by atoms with E-state index in [9.17, 15) is 12.8 Å². The number of aromatic nitrogens is 2. The van der Waals surface area contributed by atoms with Crippen LogP contribution < -0.4 is 0 Å². The number of halogens is 1. The van der Waals surface area contributed by atoms with Crippen LogP contribution >= 0.6 is 0 Å². The highest BCUT2D eigenvalue weighted by molar-refractivity contribution is 7.89. The molecule has 2 aliphatic heterocycles. The second-order valence-corrected chi connectivity index (χ2v) is 11.7. The van der Waals surface area contributed by atoms with E-state index in [0.29, 0.717) is 27.9 Å². The van der Waals surface area contributed by atoms with E-state index in [1.165, 1.54) is 12.1 Å². The molecule has 188 valence electrons. The molecule has 0 radical (unpaired) electrons. The first-order valence-corrected chi connectivity index (χ1v) is 14.1. The van der Waals surface area contributed by atoms with Crippen LogP contribution in [0, 0.1) is 5.82 Å². The second-order valence-electron chi connectivity index (χ2n) is 9.85. The predicted octanol–water partition coefficient (Wildman–Crippen LogP) is 4.94. The third-order valence-electron chi connectivity index (χ3n) is 7.73. The molecule has 0 unspecified atom stereocenters. The van der Waals surface area contributed by atoms with E-state index in [1.807, 2.05) is 12.1 Å². The van der Waals surface area contributed by atoms with Gasteiger partial charge in [-0.15, -0.1) is 0 Å². The summed E-state index contributed by atoms with van der Waals surface area (Å²) in [5.41, 5.74) is 2.11. The number of pyridine rings is 1. The van der Waals surface area contributed by atoms with Crippen LogP contribution in [0.5, 0.6) is 0 Å². The van der Waals surface area contributed by atoms with E-state index >= 15 is 0 Å². The first-order valence-electron chi connectivity index (χ1n) is 12.6. The van der Waals surface area contributed by atoms with Gasteiger partial charge in [-0.3, -0.25) is 4.98 Å². The van der Waals surface area contributed by atoms with E-state index in [1.54, 1.807) is 34.8 Å². The molecule has 4 heterocycles. The van der Waals surface area contributed by atoms with Gasteiger partial charge < -0.3 is 9.42 Å². The number of rotatable bonds is 6. The van der Waals surface area contributed by atoms with Crippen LogP contribution in [0.3, 0.4) is 0 Å². The fourth-order valence-electron chi connectivity index (χ4n) is 5.83. The lowest BCUT2D eigenvalue weighted by atomic mass is 9.91. The number of nitrogens with zero attached hydrogens (tertiary/aromatic N) is 4. The third kappa shape index (κ3) is 4.29. The number of hydrogen-bond acceptors (Lipinski definition) is 6. The quantitative estimate of drug-likeness (QED) is 0.367. The zero-order valence-electron chi connectivity index (χ0n) is 20.0. The van der Waals surface area contributed by atoms with Crippen LogP contribution in [-0.4, -0.2) is 60.0 Å². The molecule has 2 saturated heterocycles. The molecule has 2 fully saturated rings. The normalized spacial score (nSPS) is 20.5. The van der Waals surface area contributed by atoms with Crippen molar-refractivity contribution in [2.75, 3.05) is 26.2 Å². The van der Waals surface area contributed by atoms with Gasteiger partial charge in [0.1, 0.15) is 5.82 Å². The van der Waals surface area contributed by atoms with Gasteiger partial charge in [0, 0.05) is 41.5 Å². The van der Waals surface area contributed by atoms with Gasteiger partial charge in [-0.2, -0.15) is 4.31 Å². The van der Waals surface area contributed by atoms with E-state index in [0.717, 1.165) is 62.8 Å². The zero-order chi connectivity index (χ0) is 24.7. The van der Waals surface area contributed by atoms with Crippen LogP contribution in [0.25, 0.3) is 21.9 Å². The highest BCUT2D eigenvalue weighted by atomic mass is 32.2. The smallest absolute Gasteiger partial charge is 0.243 e. The summed E-state index contributed by atoms with van der Waals surface area (Å²) in [7, 11) is -3.60. The molecular weight excluding hydrogens is 479 g/mol. The minimum absolute atomic E-state index is 0.00836. The van der Waals surface area contributed by atoms with Crippen LogP contribution in [-0.2, 0) is 10.0 Å². The maximum Gasteiger partial charge on any atom is 0.243 e. The lowest BCUT2D eigenvalue weighted by molar-refractivity contribution is 0.193. The Hall–Kier alpha value is -2.88. The van der Waals surface area contributed by atoms with Crippen molar-refractivity contribution in [1.29, 1.82) is 0 Å². The maximum atomic E-state index is 13.7. The van der Waals surface area contributed by atoms with Crippen LogP contribution in [0.4, 0.5) is 4.39 Å². The van der Waals surface area contributed by atoms with Crippen molar-refractivity contribution in [1.82, 2.24) is 19.3 Å². The Morgan fingerprint density at radius 3 is 2.72 bits per heavy atom. The Bertz CT molecular complexity index is 1490. The van der Waals surface area contributed by atoms with E-state index in [-0.39, 0.29) is 17.8 Å². The minimum atomic E-state index is -3.60. The number of likely N-dealkylation sites (tertiary alicyclic amines) is 1. The second kappa shape index (κ2) is 9.53. The van der Waals surface area contributed by atoms with Gasteiger partial charge in [-0.25, -0.2) is 12.8 Å². The van der Waals surface area contributed by atoms with Crippen LogP contribution in [0.1, 0.15) is 43.7 Å². The van der Waals surface area contributed by atoms with Gasteiger partial charge in [0.2, 0.25) is 10.0 Å². The minimum Gasteiger partial charge on any atom is -0.356 e.